The Morgan fingerprint density at radius 1 is 1.24 bits per heavy atom. The molecule has 21 heavy (non-hydrogen) atoms. The van der Waals surface area contributed by atoms with Crippen molar-refractivity contribution in [2.24, 2.45) is 17.8 Å². The summed E-state index contributed by atoms with van der Waals surface area (Å²) in [7, 11) is 2.28. The van der Waals surface area contributed by atoms with E-state index in [9.17, 15) is 0 Å². The molecule has 2 heteroatoms. The van der Waals surface area contributed by atoms with Crippen molar-refractivity contribution in [3.8, 4) is 0 Å². The second kappa shape index (κ2) is 6.39. The molecule has 1 aromatic rings. The van der Waals surface area contributed by atoms with Crippen molar-refractivity contribution in [1.29, 1.82) is 0 Å². The number of aryl methyl sites for hydroxylation is 1. The van der Waals surface area contributed by atoms with E-state index in [2.05, 4.69) is 49.3 Å². The van der Waals surface area contributed by atoms with E-state index in [1.54, 1.807) is 0 Å². The highest BCUT2D eigenvalue weighted by molar-refractivity contribution is 5.54. The minimum atomic E-state index is 0.939. The van der Waals surface area contributed by atoms with Crippen molar-refractivity contribution < 1.29 is 0 Å². The van der Waals surface area contributed by atoms with Crippen LogP contribution in [-0.4, -0.2) is 20.1 Å². The SMILES string of the molecule is CCNCc1ccc(N(C)CC2CC3CCC2C3)c(C)c1. The summed E-state index contributed by atoms with van der Waals surface area (Å²) in [6, 6.07) is 6.94. The van der Waals surface area contributed by atoms with E-state index in [0.29, 0.717) is 0 Å². The van der Waals surface area contributed by atoms with Crippen LogP contribution in [0.15, 0.2) is 18.2 Å². The third kappa shape index (κ3) is 3.26. The van der Waals surface area contributed by atoms with Gasteiger partial charge in [0.15, 0.2) is 0 Å². The molecule has 2 bridgehead atoms. The third-order valence-electron chi connectivity index (χ3n) is 5.64. The van der Waals surface area contributed by atoms with E-state index in [1.807, 2.05) is 0 Å². The first-order valence-electron chi connectivity index (χ1n) is 8.68. The van der Waals surface area contributed by atoms with Crippen molar-refractivity contribution in [3.05, 3.63) is 29.3 Å². The Morgan fingerprint density at radius 3 is 2.71 bits per heavy atom. The third-order valence-corrected chi connectivity index (χ3v) is 5.64. The molecule has 0 aliphatic heterocycles. The Labute approximate surface area is 129 Å². The summed E-state index contributed by atoms with van der Waals surface area (Å²) >= 11 is 0. The van der Waals surface area contributed by atoms with E-state index in [-0.39, 0.29) is 0 Å². The highest BCUT2D eigenvalue weighted by Gasteiger charge is 2.39. The lowest BCUT2D eigenvalue weighted by Gasteiger charge is -2.29. The van der Waals surface area contributed by atoms with Gasteiger partial charge in [0.25, 0.3) is 0 Å². The van der Waals surface area contributed by atoms with Gasteiger partial charge in [-0.05, 0) is 67.7 Å². The molecule has 116 valence electrons. The number of fused-ring (bicyclic) bond motifs is 2. The first-order chi connectivity index (χ1) is 10.2. The van der Waals surface area contributed by atoms with Crippen LogP contribution in [0.2, 0.25) is 0 Å². The number of anilines is 1. The minimum Gasteiger partial charge on any atom is -0.374 e. The van der Waals surface area contributed by atoms with Crippen molar-refractivity contribution in [2.75, 3.05) is 25.0 Å². The molecule has 0 saturated heterocycles. The lowest BCUT2D eigenvalue weighted by atomic mass is 9.88. The molecule has 2 fully saturated rings. The quantitative estimate of drug-likeness (QED) is 0.851. The zero-order chi connectivity index (χ0) is 14.8. The first kappa shape index (κ1) is 14.9. The van der Waals surface area contributed by atoms with E-state index < -0.39 is 0 Å². The molecule has 2 aliphatic rings. The molecule has 2 saturated carbocycles. The summed E-state index contributed by atoms with van der Waals surface area (Å²) in [4.78, 5) is 2.50. The smallest absolute Gasteiger partial charge is 0.0393 e. The number of rotatable bonds is 6. The first-order valence-corrected chi connectivity index (χ1v) is 8.68. The fourth-order valence-electron chi connectivity index (χ4n) is 4.58. The standard InChI is InChI=1S/C19H30N2/c1-4-20-12-16-6-8-19(14(2)9-16)21(3)13-18-11-15-5-7-17(18)10-15/h6,8-9,15,17-18,20H,4-5,7,10-13H2,1-3H3. The summed E-state index contributed by atoms with van der Waals surface area (Å²) < 4.78 is 0. The average Bonchev–Trinajstić information content (AvgIpc) is 3.07. The summed E-state index contributed by atoms with van der Waals surface area (Å²) in [6.07, 6.45) is 5.98. The van der Waals surface area contributed by atoms with Gasteiger partial charge in [-0.1, -0.05) is 25.5 Å². The second-order valence-electron chi connectivity index (χ2n) is 7.22. The fraction of sp³-hybridized carbons (Fsp3) is 0.684. The largest absolute Gasteiger partial charge is 0.374 e. The monoisotopic (exact) mass is 286 g/mol. The molecule has 2 nitrogen and oxygen atoms in total. The summed E-state index contributed by atoms with van der Waals surface area (Å²) in [5.41, 5.74) is 4.22. The van der Waals surface area contributed by atoms with Crippen LogP contribution in [0.4, 0.5) is 5.69 Å². The van der Waals surface area contributed by atoms with Crippen LogP contribution in [0.25, 0.3) is 0 Å². The van der Waals surface area contributed by atoms with Crippen LogP contribution >= 0.6 is 0 Å². The fourth-order valence-corrected chi connectivity index (χ4v) is 4.58. The highest BCUT2D eigenvalue weighted by atomic mass is 15.1. The molecule has 0 aromatic heterocycles. The maximum absolute atomic E-state index is 3.40. The maximum atomic E-state index is 3.40. The second-order valence-corrected chi connectivity index (χ2v) is 7.22. The summed E-state index contributed by atoms with van der Waals surface area (Å²) in [5.74, 6) is 3.01. The molecule has 0 heterocycles. The van der Waals surface area contributed by atoms with Gasteiger partial charge in [0.05, 0.1) is 0 Å². The van der Waals surface area contributed by atoms with Crippen LogP contribution < -0.4 is 10.2 Å². The van der Waals surface area contributed by atoms with Gasteiger partial charge in [0.1, 0.15) is 0 Å². The zero-order valence-electron chi connectivity index (χ0n) is 13.9. The molecular formula is C19H30N2. The molecule has 1 N–H and O–H groups in total. The van der Waals surface area contributed by atoms with E-state index in [0.717, 1.165) is 30.8 Å². The Balaban J connectivity index is 1.62. The van der Waals surface area contributed by atoms with Crippen LogP contribution in [-0.2, 0) is 6.54 Å². The van der Waals surface area contributed by atoms with Gasteiger partial charge in [0.2, 0.25) is 0 Å². The van der Waals surface area contributed by atoms with Crippen LogP contribution in [0.1, 0.15) is 43.7 Å². The molecule has 0 amide bonds. The van der Waals surface area contributed by atoms with Crippen molar-refractivity contribution in [3.63, 3.8) is 0 Å². The molecule has 0 spiro atoms. The van der Waals surface area contributed by atoms with Gasteiger partial charge in [0, 0.05) is 25.8 Å². The number of hydrogen-bond acceptors (Lipinski definition) is 2. The Kier molecular flexibility index (Phi) is 4.54. The number of hydrogen-bond donors (Lipinski definition) is 1. The van der Waals surface area contributed by atoms with Crippen LogP contribution in [0, 0.1) is 24.7 Å². The van der Waals surface area contributed by atoms with Gasteiger partial charge in [-0.15, -0.1) is 0 Å². The summed E-state index contributed by atoms with van der Waals surface area (Å²) in [5, 5.41) is 3.40. The lowest BCUT2D eigenvalue weighted by Crippen LogP contribution is -2.29. The van der Waals surface area contributed by atoms with E-state index in [4.69, 9.17) is 0 Å². The molecule has 3 unspecified atom stereocenters. The molecular weight excluding hydrogens is 256 g/mol. The Hall–Kier alpha value is -1.02. The van der Waals surface area contributed by atoms with E-state index >= 15 is 0 Å². The van der Waals surface area contributed by atoms with Crippen molar-refractivity contribution in [2.45, 2.75) is 46.1 Å². The van der Waals surface area contributed by atoms with Gasteiger partial charge in [-0.3, -0.25) is 0 Å². The summed E-state index contributed by atoms with van der Waals surface area (Å²) in [6.45, 7) is 7.67. The lowest BCUT2D eigenvalue weighted by molar-refractivity contribution is 0.337. The maximum Gasteiger partial charge on any atom is 0.0393 e. The van der Waals surface area contributed by atoms with Gasteiger partial charge in [-0.25, -0.2) is 0 Å². The predicted molar refractivity (Wildman–Crippen MR) is 90.8 cm³/mol. The number of nitrogens with one attached hydrogen (secondary N) is 1. The van der Waals surface area contributed by atoms with Crippen LogP contribution in [0.5, 0.6) is 0 Å². The Bertz CT molecular complexity index is 482. The molecule has 3 rings (SSSR count). The van der Waals surface area contributed by atoms with Gasteiger partial charge in [-0.2, -0.15) is 0 Å². The topological polar surface area (TPSA) is 15.3 Å². The van der Waals surface area contributed by atoms with Crippen molar-refractivity contribution in [1.82, 2.24) is 5.32 Å². The molecule has 2 aliphatic carbocycles. The van der Waals surface area contributed by atoms with Crippen molar-refractivity contribution >= 4 is 5.69 Å². The zero-order valence-corrected chi connectivity index (χ0v) is 13.9. The number of benzene rings is 1. The highest BCUT2D eigenvalue weighted by Crippen LogP contribution is 2.48. The number of nitrogens with zero attached hydrogens (tertiary/aromatic N) is 1. The normalized spacial score (nSPS) is 27.3. The molecule has 1 aromatic carbocycles. The average molecular weight is 286 g/mol. The van der Waals surface area contributed by atoms with E-state index in [1.165, 1.54) is 49.0 Å². The molecule has 3 atom stereocenters. The Morgan fingerprint density at radius 2 is 2.10 bits per heavy atom. The van der Waals surface area contributed by atoms with Gasteiger partial charge >= 0.3 is 0 Å². The van der Waals surface area contributed by atoms with Crippen LogP contribution in [0.3, 0.4) is 0 Å². The predicted octanol–water partition coefficient (Wildman–Crippen LogP) is 3.98. The molecule has 0 radical (unpaired) electrons. The van der Waals surface area contributed by atoms with Gasteiger partial charge < -0.3 is 10.2 Å². The minimum absolute atomic E-state index is 0.939.